The molecular formula is C17H17ClFN. The lowest BCUT2D eigenvalue weighted by molar-refractivity contribution is 0.500. The molecular weight excluding hydrogens is 273 g/mol. The zero-order chi connectivity index (χ0) is 14.2. The third kappa shape index (κ3) is 2.34. The van der Waals surface area contributed by atoms with Crippen LogP contribution in [-0.2, 0) is 11.8 Å². The molecule has 104 valence electrons. The number of halogens is 2. The van der Waals surface area contributed by atoms with Gasteiger partial charge >= 0.3 is 0 Å². The highest BCUT2D eigenvalue weighted by Gasteiger charge is 2.49. The normalized spacial score (nSPS) is 17.8. The first-order valence-corrected chi connectivity index (χ1v) is 7.25. The molecule has 1 atom stereocenters. The van der Waals surface area contributed by atoms with Gasteiger partial charge in [0, 0.05) is 11.5 Å². The summed E-state index contributed by atoms with van der Waals surface area (Å²) in [5.74, 6) is -0.339. The minimum absolute atomic E-state index is 0.00994. The molecule has 1 unspecified atom stereocenters. The van der Waals surface area contributed by atoms with Crippen molar-refractivity contribution >= 4 is 11.6 Å². The second kappa shape index (κ2) is 5.19. The van der Waals surface area contributed by atoms with E-state index in [0.717, 1.165) is 12.8 Å². The molecule has 2 N–H and O–H groups in total. The minimum atomic E-state index is -0.339. The van der Waals surface area contributed by atoms with Crippen LogP contribution in [0.4, 0.5) is 4.39 Å². The first-order valence-electron chi connectivity index (χ1n) is 6.87. The van der Waals surface area contributed by atoms with E-state index in [1.54, 1.807) is 18.2 Å². The Balaban J connectivity index is 1.83. The molecule has 2 aromatic rings. The summed E-state index contributed by atoms with van der Waals surface area (Å²) in [7, 11) is 0. The number of hydrogen-bond donors (Lipinski definition) is 1. The lowest BCUT2D eigenvalue weighted by Crippen LogP contribution is -2.37. The van der Waals surface area contributed by atoms with Crippen LogP contribution in [0.25, 0.3) is 0 Å². The van der Waals surface area contributed by atoms with Gasteiger partial charge in [-0.1, -0.05) is 54.1 Å². The molecule has 1 saturated carbocycles. The fraction of sp³-hybridized carbons (Fsp3) is 0.294. The first kappa shape index (κ1) is 13.6. The Hall–Kier alpha value is -1.38. The van der Waals surface area contributed by atoms with Crippen LogP contribution in [0.15, 0.2) is 48.5 Å². The van der Waals surface area contributed by atoms with Gasteiger partial charge in [0.05, 0.1) is 5.02 Å². The zero-order valence-electron chi connectivity index (χ0n) is 11.2. The molecule has 20 heavy (non-hydrogen) atoms. The van der Waals surface area contributed by atoms with E-state index in [9.17, 15) is 4.39 Å². The smallest absolute Gasteiger partial charge is 0.145 e. The van der Waals surface area contributed by atoms with Gasteiger partial charge < -0.3 is 5.73 Å². The van der Waals surface area contributed by atoms with Gasteiger partial charge in [-0.3, -0.25) is 0 Å². The predicted octanol–water partition coefficient (Wildman–Crippen LogP) is 4.08. The van der Waals surface area contributed by atoms with Crippen molar-refractivity contribution in [3.05, 3.63) is 70.5 Å². The van der Waals surface area contributed by atoms with E-state index in [-0.39, 0.29) is 22.3 Å². The van der Waals surface area contributed by atoms with Crippen LogP contribution in [0.2, 0.25) is 5.02 Å². The van der Waals surface area contributed by atoms with Gasteiger partial charge in [0.15, 0.2) is 0 Å². The summed E-state index contributed by atoms with van der Waals surface area (Å²) in [4.78, 5) is 0. The van der Waals surface area contributed by atoms with Crippen LogP contribution in [0, 0.1) is 5.82 Å². The Labute approximate surface area is 123 Å². The van der Waals surface area contributed by atoms with Gasteiger partial charge in [-0.05, 0) is 36.5 Å². The molecule has 0 aromatic heterocycles. The standard InChI is InChI=1S/C17H17ClFN/c18-14-8-4-5-12(16(14)19)11-15(20)17(9-10-17)13-6-2-1-3-7-13/h1-8,15H,9-11,20H2. The first-order chi connectivity index (χ1) is 9.63. The van der Waals surface area contributed by atoms with Crippen molar-refractivity contribution in [2.24, 2.45) is 5.73 Å². The van der Waals surface area contributed by atoms with Crippen LogP contribution >= 0.6 is 11.6 Å². The molecule has 0 aliphatic heterocycles. The Morgan fingerprint density at radius 2 is 1.80 bits per heavy atom. The van der Waals surface area contributed by atoms with Crippen molar-refractivity contribution in [3.63, 3.8) is 0 Å². The monoisotopic (exact) mass is 289 g/mol. The highest BCUT2D eigenvalue weighted by Crippen LogP contribution is 2.51. The van der Waals surface area contributed by atoms with E-state index in [0.29, 0.717) is 12.0 Å². The molecule has 0 heterocycles. The van der Waals surface area contributed by atoms with Gasteiger partial charge in [0.2, 0.25) is 0 Å². The molecule has 1 nitrogen and oxygen atoms in total. The van der Waals surface area contributed by atoms with Crippen molar-refractivity contribution in [2.45, 2.75) is 30.7 Å². The van der Waals surface area contributed by atoms with Crippen molar-refractivity contribution in [2.75, 3.05) is 0 Å². The fourth-order valence-electron chi connectivity index (χ4n) is 2.92. The van der Waals surface area contributed by atoms with Crippen LogP contribution in [-0.4, -0.2) is 6.04 Å². The quantitative estimate of drug-likeness (QED) is 0.902. The summed E-state index contributed by atoms with van der Waals surface area (Å²) in [5.41, 5.74) is 8.26. The summed E-state index contributed by atoms with van der Waals surface area (Å²) in [6, 6.07) is 15.3. The SMILES string of the molecule is NC(Cc1cccc(Cl)c1F)C1(c2ccccc2)CC1. The molecule has 0 saturated heterocycles. The Bertz CT molecular complexity index is 608. The van der Waals surface area contributed by atoms with Crippen molar-refractivity contribution < 1.29 is 4.39 Å². The Morgan fingerprint density at radius 1 is 1.10 bits per heavy atom. The fourth-order valence-corrected chi connectivity index (χ4v) is 3.11. The Morgan fingerprint density at radius 3 is 2.45 bits per heavy atom. The molecule has 1 aliphatic carbocycles. The highest BCUT2D eigenvalue weighted by molar-refractivity contribution is 6.30. The number of nitrogens with two attached hydrogens (primary N) is 1. The van der Waals surface area contributed by atoms with Crippen molar-refractivity contribution in [1.82, 2.24) is 0 Å². The number of benzene rings is 2. The Kier molecular flexibility index (Phi) is 3.53. The van der Waals surface area contributed by atoms with Crippen LogP contribution in [0.5, 0.6) is 0 Å². The third-order valence-electron chi connectivity index (χ3n) is 4.32. The molecule has 1 aliphatic rings. The zero-order valence-corrected chi connectivity index (χ0v) is 11.9. The predicted molar refractivity (Wildman–Crippen MR) is 80.4 cm³/mol. The highest BCUT2D eigenvalue weighted by atomic mass is 35.5. The topological polar surface area (TPSA) is 26.0 Å². The largest absolute Gasteiger partial charge is 0.327 e. The average molecular weight is 290 g/mol. The minimum Gasteiger partial charge on any atom is -0.327 e. The third-order valence-corrected chi connectivity index (χ3v) is 4.61. The maximum atomic E-state index is 14.0. The van der Waals surface area contributed by atoms with E-state index >= 15 is 0 Å². The summed E-state index contributed by atoms with van der Waals surface area (Å²) >= 11 is 5.83. The maximum absolute atomic E-state index is 14.0. The molecule has 0 radical (unpaired) electrons. The summed E-state index contributed by atoms with van der Waals surface area (Å²) < 4.78 is 14.0. The summed E-state index contributed by atoms with van der Waals surface area (Å²) in [5, 5.41) is 0.166. The van der Waals surface area contributed by atoms with Crippen LogP contribution in [0.1, 0.15) is 24.0 Å². The van der Waals surface area contributed by atoms with E-state index in [4.69, 9.17) is 17.3 Å². The van der Waals surface area contributed by atoms with Gasteiger partial charge in [-0.15, -0.1) is 0 Å². The van der Waals surface area contributed by atoms with E-state index < -0.39 is 0 Å². The van der Waals surface area contributed by atoms with Crippen LogP contribution in [0.3, 0.4) is 0 Å². The number of hydrogen-bond acceptors (Lipinski definition) is 1. The molecule has 1 fully saturated rings. The molecule has 0 bridgehead atoms. The number of rotatable bonds is 4. The average Bonchev–Trinajstić information content (AvgIpc) is 3.26. The van der Waals surface area contributed by atoms with Gasteiger partial charge in [0.25, 0.3) is 0 Å². The van der Waals surface area contributed by atoms with E-state index in [1.165, 1.54) is 5.56 Å². The molecule has 0 spiro atoms. The lowest BCUT2D eigenvalue weighted by atomic mass is 9.85. The maximum Gasteiger partial charge on any atom is 0.145 e. The van der Waals surface area contributed by atoms with E-state index in [1.807, 2.05) is 18.2 Å². The molecule has 0 amide bonds. The second-order valence-corrected chi connectivity index (χ2v) is 5.95. The van der Waals surface area contributed by atoms with Gasteiger partial charge in [-0.25, -0.2) is 4.39 Å². The summed E-state index contributed by atoms with van der Waals surface area (Å²) in [6.07, 6.45) is 2.65. The van der Waals surface area contributed by atoms with Crippen molar-refractivity contribution in [1.29, 1.82) is 0 Å². The van der Waals surface area contributed by atoms with Gasteiger partial charge in [0.1, 0.15) is 5.82 Å². The molecule has 3 heteroatoms. The molecule has 2 aromatic carbocycles. The molecule has 3 rings (SSSR count). The van der Waals surface area contributed by atoms with Crippen LogP contribution < -0.4 is 5.73 Å². The second-order valence-electron chi connectivity index (χ2n) is 5.55. The van der Waals surface area contributed by atoms with E-state index in [2.05, 4.69) is 12.1 Å². The van der Waals surface area contributed by atoms with Gasteiger partial charge in [-0.2, -0.15) is 0 Å². The summed E-state index contributed by atoms with van der Waals surface area (Å²) in [6.45, 7) is 0. The lowest BCUT2D eigenvalue weighted by Gasteiger charge is -2.24. The van der Waals surface area contributed by atoms with Crippen molar-refractivity contribution in [3.8, 4) is 0 Å².